The standard InChI is InChI=1S/C17H24N2OS/c1-5-15(20)19-16-13(10-18)12-8-7-11(9-14(12)21-16)17(3,4)6-2/h11H,5-9H2,1-4H3,(H,19,20)/t11-/m0/s1. The molecule has 0 saturated carbocycles. The van der Waals surface area contributed by atoms with Crippen molar-refractivity contribution in [3.8, 4) is 6.07 Å². The topological polar surface area (TPSA) is 52.9 Å². The number of nitrogens with zero attached hydrogens (tertiary/aromatic N) is 1. The minimum atomic E-state index is -0.0180. The zero-order valence-electron chi connectivity index (χ0n) is 13.4. The fourth-order valence-electron chi connectivity index (χ4n) is 2.96. The molecule has 0 saturated heterocycles. The third-order valence-corrected chi connectivity index (χ3v) is 6.14. The Bertz CT molecular complexity index is 580. The van der Waals surface area contributed by atoms with Crippen LogP contribution in [0, 0.1) is 22.7 Å². The monoisotopic (exact) mass is 304 g/mol. The number of carbonyl (C=O) groups excluding carboxylic acids is 1. The summed E-state index contributed by atoms with van der Waals surface area (Å²) in [6.45, 7) is 8.74. The second-order valence-electron chi connectivity index (χ2n) is 6.50. The van der Waals surface area contributed by atoms with E-state index < -0.39 is 0 Å². The predicted molar refractivity (Wildman–Crippen MR) is 87.5 cm³/mol. The molecule has 114 valence electrons. The molecule has 0 aliphatic heterocycles. The van der Waals surface area contributed by atoms with E-state index in [1.807, 2.05) is 6.92 Å². The van der Waals surface area contributed by atoms with Crippen LogP contribution in [0.2, 0.25) is 0 Å². The van der Waals surface area contributed by atoms with Crippen LogP contribution in [0.15, 0.2) is 0 Å². The van der Waals surface area contributed by atoms with E-state index >= 15 is 0 Å². The molecule has 1 N–H and O–H groups in total. The van der Waals surface area contributed by atoms with E-state index in [1.54, 1.807) is 11.3 Å². The van der Waals surface area contributed by atoms with E-state index in [0.717, 1.165) is 24.3 Å². The highest BCUT2D eigenvalue weighted by Crippen LogP contribution is 2.45. The van der Waals surface area contributed by atoms with Crippen molar-refractivity contribution in [1.29, 1.82) is 5.26 Å². The summed E-state index contributed by atoms with van der Waals surface area (Å²) >= 11 is 1.61. The predicted octanol–water partition coefficient (Wildman–Crippen LogP) is 4.51. The quantitative estimate of drug-likeness (QED) is 0.889. The molecule has 4 heteroatoms. The number of nitriles is 1. The molecule has 0 bridgehead atoms. The van der Waals surface area contributed by atoms with Crippen LogP contribution >= 0.6 is 11.3 Å². The van der Waals surface area contributed by atoms with E-state index in [0.29, 0.717) is 23.3 Å². The van der Waals surface area contributed by atoms with Crippen molar-refractivity contribution >= 4 is 22.2 Å². The number of thiophene rings is 1. The van der Waals surface area contributed by atoms with Crippen LogP contribution in [0.3, 0.4) is 0 Å². The highest BCUT2D eigenvalue weighted by molar-refractivity contribution is 7.16. The molecule has 1 heterocycles. The highest BCUT2D eigenvalue weighted by atomic mass is 32.1. The first-order chi connectivity index (χ1) is 9.92. The first-order valence-electron chi connectivity index (χ1n) is 7.77. The summed E-state index contributed by atoms with van der Waals surface area (Å²) in [6, 6.07) is 2.30. The van der Waals surface area contributed by atoms with Gasteiger partial charge in [-0.2, -0.15) is 5.26 Å². The van der Waals surface area contributed by atoms with Crippen LogP contribution in [0.5, 0.6) is 0 Å². The van der Waals surface area contributed by atoms with Crippen molar-refractivity contribution in [3.63, 3.8) is 0 Å². The summed E-state index contributed by atoms with van der Waals surface area (Å²) in [5.74, 6) is 0.644. The number of amides is 1. The first-order valence-corrected chi connectivity index (χ1v) is 8.59. The van der Waals surface area contributed by atoms with E-state index in [9.17, 15) is 10.1 Å². The zero-order valence-corrected chi connectivity index (χ0v) is 14.2. The Morgan fingerprint density at radius 3 is 2.76 bits per heavy atom. The molecular weight excluding hydrogens is 280 g/mol. The number of hydrogen-bond donors (Lipinski definition) is 1. The van der Waals surface area contributed by atoms with E-state index in [1.165, 1.54) is 16.9 Å². The minimum absolute atomic E-state index is 0.0180. The molecule has 21 heavy (non-hydrogen) atoms. The summed E-state index contributed by atoms with van der Waals surface area (Å²) in [4.78, 5) is 12.9. The van der Waals surface area contributed by atoms with Crippen molar-refractivity contribution in [2.45, 2.75) is 59.8 Å². The summed E-state index contributed by atoms with van der Waals surface area (Å²) < 4.78 is 0. The lowest BCUT2D eigenvalue weighted by atomic mass is 9.69. The minimum Gasteiger partial charge on any atom is -0.317 e. The molecule has 0 radical (unpaired) electrons. The van der Waals surface area contributed by atoms with Gasteiger partial charge < -0.3 is 5.32 Å². The van der Waals surface area contributed by atoms with Gasteiger partial charge in [-0.1, -0.05) is 34.1 Å². The van der Waals surface area contributed by atoms with Gasteiger partial charge in [0.05, 0.1) is 5.56 Å². The van der Waals surface area contributed by atoms with Gasteiger partial charge in [0, 0.05) is 11.3 Å². The van der Waals surface area contributed by atoms with Gasteiger partial charge in [-0.25, -0.2) is 0 Å². The number of rotatable bonds is 4. The molecular formula is C17H24N2OS. The second-order valence-corrected chi connectivity index (χ2v) is 7.61. The smallest absolute Gasteiger partial charge is 0.224 e. The molecule has 2 rings (SSSR count). The average Bonchev–Trinajstić information content (AvgIpc) is 2.82. The van der Waals surface area contributed by atoms with Gasteiger partial charge in [-0.15, -0.1) is 11.3 Å². The lowest BCUT2D eigenvalue weighted by Crippen LogP contribution is -2.28. The van der Waals surface area contributed by atoms with Crippen LogP contribution in [-0.4, -0.2) is 5.91 Å². The lowest BCUT2D eigenvalue weighted by Gasteiger charge is -2.36. The molecule has 1 aromatic heterocycles. The highest BCUT2D eigenvalue weighted by Gasteiger charge is 2.33. The van der Waals surface area contributed by atoms with Crippen LogP contribution < -0.4 is 5.32 Å². The van der Waals surface area contributed by atoms with E-state index in [-0.39, 0.29) is 5.91 Å². The van der Waals surface area contributed by atoms with Gasteiger partial charge in [0.2, 0.25) is 5.91 Å². The number of nitrogens with one attached hydrogen (secondary N) is 1. The molecule has 0 unspecified atom stereocenters. The SMILES string of the molecule is CCC(=O)Nc1sc2c(c1C#N)CC[C@H](C(C)(C)CC)C2. The number of anilines is 1. The van der Waals surface area contributed by atoms with Crippen molar-refractivity contribution in [2.75, 3.05) is 5.32 Å². The summed E-state index contributed by atoms with van der Waals surface area (Å²) in [6.07, 6.45) is 4.75. The maximum Gasteiger partial charge on any atom is 0.224 e. The normalized spacial score (nSPS) is 18.0. The summed E-state index contributed by atoms with van der Waals surface area (Å²) in [5.41, 5.74) is 2.21. The Morgan fingerprint density at radius 1 is 1.48 bits per heavy atom. The van der Waals surface area contributed by atoms with Gasteiger partial charge >= 0.3 is 0 Å². The van der Waals surface area contributed by atoms with E-state index in [4.69, 9.17) is 0 Å². The van der Waals surface area contributed by atoms with Crippen LogP contribution in [0.4, 0.5) is 5.00 Å². The Morgan fingerprint density at radius 2 is 2.19 bits per heavy atom. The fourth-order valence-corrected chi connectivity index (χ4v) is 4.26. The second kappa shape index (κ2) is 6.19. The third kappa shape index (κ3) is 3.13. The fraction of sp³-hybridized carbons (Fsp3) is 0.647. The maximum absolute atomic E-state index is 11.6. The largest absolute Gasteiger partial charge is 0.317 e. The van der Waals surface area contributed by atoms with Crippen molar-refractivity contribution in [3.05, 3.63) is 16.0 Å². The number of carbonyl (C=O) groups is 1. The molecule has 3 nitrogen and oxygen atoms in total. The molecule has 0 spiro atoms. The Labute approximate surface area is 131 Å². The van der Waals surface area contributed by atoms with Gasteiger partial charge in [0.25, 0.3) is 0 Å². The van der Waals surface area contributed by atoms with Crippen molar-refractivity contribution in [1.82, 2.24) is 0 Å². The molecule has 1 aliphatic carbocycles. The summed E-state index contributed by atoms with van der Waals surface area (Å²) in [5, 5.41) is 13.1. The Balaban J connectivity index is 2.29. The van der Waals surface area contributed by atoms with Gasteiger partial charge in [0.15, 0.2) is 0 Å². The molecule has 1 atom stereocenters. The Kier molecular flexibility index (Phi) is 4.73. The van der Waals surface area contributed by atoms with Gasteiger partial charge in [-0.3, -0.25) is 4.79 Å². The van der Waals surface area contributed by atoms with Gasteiger partial charge in [0.1, 0.15) is 11.1 Å². The first kappa shape index (κ1) is 16.0. The third-order valence-electron chi connectivity index (χ3n) is 4.97. The molecule has 0 aromatic carbocycles. The average molecular weight is 304 g/mol. The number of fused-ring (bicyclic) bond motifs is 1. The van der Waals surface area contributed by atoms with Gasteiger partial charge in [-0.05, 0) is 36.2 Å². The Hall–Kier alpha value is -1.34. The lowest BCUT2D eigenvalue weighted by molar-refractivity contribution is -0.115. The zero-order chi connectivity index (χ0) is 15.6. The summed E-state index contributed by atoms with van der Waals surface area (Å²) in [7, 11) is 0. The number of hydrogen-bond acceptors (Lipinski definition) is 3. The maximum atomic E-state index is 11.6. The van der Waals surface area contributed by atoms with Crippen LogP contribution in [0.25, 0.3) is 0 Å². The van der Waals surface area contributed by atoms with Crippen molar-refractivity contribution < 1.29 is 4.79 Å². The molecule has 1 amide bonds. The molecule has 1 aromatic rings. The van der Waals surface area contributed by atoms with Crippen LogP contribution in [-0.2, 0) is 17.6 Å². The van der Waals surface area contributed by atoms with E-state index in [2.05, 4.69) is 32.2 Å². The molecule has 1 aliphatic rings. The molecule has 0 fully saturated rings. The van der Waals surface area contributed by atoms with Crippen molar-refractivity contribution in [2.24, 2.45) is 11.3 Å². The van der Waals surface area contributed by atoms with Crippen LogP contribution in [0.1, 0.15) is 63.0 Å².